The number of aryl methyl sites for hydroxylation is 1. The van der Waals surface area contributed by atoms with Crippen LogP contribution in [0.3, 0.4) is 0 Å². The van der Waals surface area contributed by atoms with Crippen molar-refractivity contribution in [1.29, 1.82) is 0 Å². The normalized spacial score (nSPS) is 24.1. The zero-order chi connectivity index (χ0) is 8.72. The highest BCUT2D eigenvalue weighted by atomic mass is 32.2. The molecule has 0 saturated carbocycles. The molecule has 0 fully saturated rings. The van der Waals surface area contributed by atoms with Crippen molar-refractivity contribution in [2.24, 2.45) is 0 Å². The summed E-state index contributed by atoms with van der Waals surface area (Å²) in [5.41, 5.74) is 1.11. The van der Waals surface area contributed by atoms with Gasteiger partial charge in [-0.05, 0) is 32.0 Å². The lowest BCUT2D eigenvalue weighted by molar-refractivity contribution is 0.152. The average Bonchev–Trinajstić information content (AvgIpc) is 2.29. The van der Waals surface area contributed by atoms with E-state index in [4.69, 9.17) is 0 Å². The van der Waals surface area contributed by atoms with E-state index in [0.29, 0.717) is 0 Å². The van der Waals surface area contributed by atoms with Crippen molar-refractivity contribution >= 4 is 23.3 Å². The van der Waals surface area contributed by atoms with E-state index < -0.39 is 0 Å². The molecule has 1 aliphatic heterocycles. The van der Waals surface area contributed by atoms with Gasteiger partial charge < -0.3 is 5.11 Å². The highest BCUT2D eigenvalue weighted by Crippen LogP contribution is 2.41. The molecule has 0 aliphatic carbocycles. The lowest BCUT2D eigenvalue weighted by atomic mass is 10.2. The van der Waals surface area contributed by atoms with Crippen LogP contribution in [0.15, 0.2) is 10.3 Å². The minimum absolute atomic E-state index is 0.295. The molecule has 66 valence electrons. The van der Waals surface area contributed by atoms with Crippen LogP contribution in [0.4, 0.5) is 0 Å². The van der Waals surface area contributed by atoms with Gasteiger partial charge >= 0.3 is 0 Å². The van der Waals surface area contributed by atoms with Gasteiger partial charge in [-0.1, -0.05) is 0 Å². The molecule has 12 heavy (non-hydrogen) atoms. The first-order chi connectivity index (χ1) is 5.66. The summed E-state index contributed by atoms with van der Waals surface area (Å²) in [5, 5.41) is 9.70. The van der Waals surface area contributed by atoms with E-state index in [0.717, 1.165) is 12.1 Å². The third kappa shape index (κ3) is 1.40. The van der Waals surface area contributed by atoms with Crippen molar-refractivity contribution < 1.29 is 5.11 Å². The Hall–Kier alpha value is -0.0300. The van der Waals surface area contributed by atoms with Gasteiger partial charge in [-0.2, -0.15) is 0 Å². The topological polar surface area (TPSA) is 23.5 Å². The fraction of sp³-hybridized carbons (Fsp3) is 0.500. The Kier molecular flexibility index (Phi) is 2.16. The Morgan fingerprint density at radius 1 is 1.67 bits per heavy atom. The predicted octanol–water partition coefficient (Wildman–Crippen LogP) is 2.04. The number of likely N-dealkylation sites (N-methyl/N-ethyl adjacent to an activating group) is 1. The third-order valence-electron chi connectivity index (χ3n) is 1.88. The predicted molar refractivity (Wildman–Crippen MR) is 52.5 cm³/mol. The Labute approximate surface area is 80.3 Å². The fourth-order valence-corrected chi connectivity index (χ4v) is 3.85. The van der Waals surface area contributed by atoms with Crippen LogP contribution in [0.5, 0.6) is 0 Å². The van der Waals surface area contributed by atoms with Gasteiger partial charge in [0.1, 0.15) is 0 Å². The maximum absolute atomic E-state index is 9.70. The van der Waals surface area contributed by atoms with Crippen LogP contribution in [0, 0.1) is 6.92 Å². The lowest BCUT2D eigenvalue weighted by Gasteiger charge is -2.24. The van der Waals surface area contributed by atoms with Crippen molar-refractivity contribution in [3.05, 3.63) is 16.5 Å². The zero-order valence-electron chi connectivity index (χ0n) is 7.07. The van der Waals surface area contributed by atoms with E-state index in [-0.39, 0.29) is 6.10 Å². The lowest BCUT2D eigenvalue weighted by Crippen LogP contribution is -2.22. The Morgan fingerprint density at radius 3 is 3.17 bits per heavy atom. The molecule has 1 unspecified atom stereocenters. The number of aliphatic hydroxyl groups is 1. The summed E-state index contributed by atoms with van der Waals surface area (Å²) in [6.07, 6.45) is -0.295. The molecule has 1 aromatic rings. The van der Waals surface area contributed by atoms with Gasteiger partial charge in [0.25, 0.3) is 0 Å². The summed E-state index contributed by atoms with van der Waals surface area (Å²) in [5.74, 6) is 0. The molecule has 0 spiro atoms. The Bertz CT molecular complexity index is 297. The minimum atomic E-state index is -0.295. The zero-order valence-corrected chi connectivity index (χ0v) is 8.71. The summed E-state index contributed by atoms with van der Waals surface area (Å²) in [6.45, 7) is 2.81. The van der Waals surface area contributed by atoms with E-state index in [1.54, 1.807) is 23.3 Å². The first kappa shape index (κ1) is 8.56. The fourth-order valence-electron chi connectivity index (χ4n) is 1.34. The second kappa shape index (κ2) is 3.03. The van der Waals surface area contributed by atoms with E-state index in [2.05, 4.69) is 17.3 Å². The van der Waals surface area contributed by atoms with Gasteiger partial charge in [0.2, 0.25) is 0 Å². The molecule has 4 heteroatoms. The van der Waals surface area contributed by atoms with Crippen LogP contribution in [-0.4, -0.2) is 23.0 Å². The molecule has 0 radical (unpaired) electrons. The number of nitrogens with zero attached hydrogens (tertiary/aromatic N) is 1. The van der Waals surface area contributed by atoms with Gasteiger partial charge in [-0.3, -0.25) is 0 Å². The monoisotopic (exact) mass is 201 g/mol. The number of hydrogen-bond acceptors (Lipinski definition) is 4. The Balaban J connectivity index is 2.40. The van der Waals surface area contributed by atoms with Crippen molar-refractivity contribution in [2.45, 2.75) is 17.2 Å². The van der Waals surface area contributed by atoms with Gasteiger partial charge in [0.05, 0.1) is 10.3 Å². The van der Waals surface area contributed by atoms with E-state index in [9.17, 15) is 5.11 Å². The molecule has 2 rings (SSSR count). The summed E-state index contributed by atoms with van der Waals surface area (Å²) in [6, 6.07) is 2.09. The summed E-state index contributed by atoms with van der Waals surface area (Å²) < 4.78 is 3.32. The molecule has 0 bridgehead atoms. The number of β-amino-alcohol motifs (C(OH)–C–C–N with tert-alkyl or cyclic N) is 1. The van der Waals surface area contributed by atoms with Gasteiger partial charge in [-0.25, -0.2) is 4.31 Å². The Morgan fingerprint density at radius 2 is 2.42 bits per heavy atom. The largest absolute Gasteiger partial charge is 0.387 e. The second-order valence-corrected chi connectivity index (χ2v) is 5.75. The van der Waals surface area contributed by atoms with E-state index in [1.807, 2.05) is 7.05 Å². The molecule has 2 heterocycles. The maximum Gasteiger partial charge on any atom is 0.0945 e. The number of thiophene rings is 1. The number of fused-ring (bicyclic) bond motifs is 1. The first-order valence-corrected chi connectivity index (χ1v) is 5.43. The minimum Gasteiger partial charge on any atom is -0.387 e. The third-order valence-corrected chi connectivity index (χ3v) is 4.07. The molecule has 1 N–H and O–H groups in total. The molecule has 1 aromatic heterocycles. The molecule has 0 aromatic carbocycles. The van der Waals surface area contributed by atoms with Crippen molar-refractivity contribution in [3.8, 4) is 0 Å². The van der Waals surface area contributed by atoms with Gasteiger partial charge in [0.15, 0.2) is 0 Å². The summed E-state index contributed by atoms with van der Waals surface area (Å²) in [4.78, 5) is 1.28. The smallest absolute Gasteiger partial charge is 0.0945 e. The van der Waals surface area contributed by atoms with Crippen molar-refractivity contribution in [2.75, 3.05) is 13.6 Å². The SMILES string of the molecule is Cc1cc2c(s1)SN(C)CC2O. The van der Waals surface area contributed by atoms with Gasteiger partial charge in [-0.15, -0.1) is 11.3 Å². The van der Waals surface area contributed by atoms with Crippen molar-refractivity contribution in [3.63, 3.8) is 0 Å². The van der Waals surface area contributed by atoms with Crippen LogP contribution in [0.25, 0.3) is 0 Å². The molecule has 0 amide bonds. The average molecular weight is 201 g/mol. The highest BCUT2D eigenvalue weighted by Gasteiger charge is 2.23. The van der Waals surface area contributed by atoms with Crippen LogP contribution in [0.1, 0.15) is 16.5 Å². The molecule has 1 atom stereocenters. The molecule has 1 aliphatic rings. The summed E-state index contributed by atoms with van der Waals surface area (Å²) >= 11 is 3.49. The maximum atomic E-state index is 9.70. The summed E-state index contributed by atoms with van der Waals surface area (Å²) in [7, 11) is 2.01. The molecule has 0 saturated heterocycles. The standard InChI is InChI=1S/C8H11NOS2/c1-5-3-6-7(10)4-9(2)12-8(6)11-5/h3,7,10H,4H2,1-2H3. The van der Waals surface area contributed by atoms with Crippen LogP contribution in [-0.2, 0) is 0 Å². The van der Waals surface area contributed by atoms with E-state index in [1.165, 1.54) is 9.09 Å². The molecule has 2 nitrogen and oxygen atoms in total. The van der Waals surface area contributed by atoms with Crippen LogP contribution in [0.2, 0.25) is 0 Å². The molecular weight excluding hydrogens is 190 g/mol. The van der Waals surface area contributed by atoms with Crippen LogP contribution < -0.4 is 0 Å². The number of aliphatic hydroxyl groups excluding tert-OH is 1. The van der Waals surface area contributed by atoms with Crippen LogP contribution >= 0.6 is 23.3 Å². The van der Waals surface area contributed by atoms with Crippen molar-refractivity contribution in [1.82, 2.24) is 4.31 Å². The molecular formula is C8H11NOS2. The van der Waals surface area contributed by atoms with E-state index >= 15 is 0 Å². The van der Waals surface area contributed by atoms with Gasteiger partial charge in [0, 0.05) is 17.0 Å². The second-order valence-electron chi connectivity index (χ2n) is 3.02. The first-order valence-electron chi connectivity index (χ1n) is 3.84. The quantitative estimate of drug-likeness (QED) is 0.650. The highest BCUT2D eigenvalue weighted by molar-refractivity contribution is 7.99. The number of hydrogen-bond donors (Lipinski definition) is 1. The number of rotatable bonds is 0.